The Labute approximate surface area is 121 Å². The molecule has 1 saturated heterocycles. The number of ether oxygens (including phenoxy) is 1. The second-order valence-corrected chi connectivity index (χ2v) is 6.09. The SMILES string of the molecule is CN1CCOC(CNc2nccn2C2CCCCC2)C1. The predicted octanol–water partition coefficient (Wildman–Crippen LogP) is 2.13. The van der Waals surface area contributed by atoms with Gasteiger partial charge in [-0.25, -0.2) is 4.98 Å². The maximum atomic E-state index is 5.79. The zero-order chi connectivity index (χ0) is 13.8. The molecule has 2 aliphatic rings. The molecule has 1 saturated carbocycles. The summed E-state index contributed by atoms with van der Waals surface area (Å²) < 4.78 is 8.12. The molecule has 1 aliphatic carbocycles. The highest BCUT2D eigenvalue weighted by Gasteiger charge is 2.20. The second-order valence-electron chi connectivity index (χ2n) is 6.09. The Hall–Kier alpha value is -1.07. The van der Waals surface area contributed by atoms with Crippen LogP contribution >= 0.6 is 0 Å². The molecule has 1 N–H and O–H groups in total. The van der Waals surface area contributed by atoms with Crippen molar-refractivity contribution in [2.45, 2.75) is 44.2 Å². The minimum Gasteiger partial charge on any atom is -0.374 e. The number of hydrogen-bond donors (Lipinski definition) is 1. The molecule has 0 aromatic carbocycles. The number of morpholine rings is 1. The monoisotopic (exact) mass is 278 g/mol. The van der Waals surface area contributed by atoms with E-state index in [2.05, 4.69) is 33.0 Å². The van der Waals surface area contributed by atoms with Crippen LogP contribution < -0.4 is 5.32 Å². The van der Waals surface area contributed by atoms with Crippen LogP contribution in [0.3, 0.4) is 0 Å². The van der Waals surface area contributed by atoms with E-state index in [9.17, 15) is 0 Å². The van der Waals surface area contributed by atoms with E-state index in [0.717, 1.165) is 32.2 Å². The fourth-order valence-corrected chi connectivity index (χ4v) is 3.30. The molecule has 1 atom stereocenters. The van der Waals surface area contributed by atoms with E-state index in [1.54, 1.807) is 0 Å². The van der Waals surface area contributed by atoms with Gasteiger partial charge in [0.15, 0.2) is 0 Å². The molecule has 5 nitrogen and oxygen atoms in total. The minimum absolute atomic E-state index is 0.269. The molecule has 2 heterocycles. The summed E-state index contributed by atoms with van der Waals surface area (Å²) in [5, 5.41) is 3.48. The average molecular weight is 278 g/mol. The van der Waals surface area contributed by atoms with Gasteiger partial charge in [-0.1, -0.05) is 19.3 Å². The van der Waals surface area contributed by atoms with Gasteiger partial charge in [0, 0.05) is 38.1 Å². The molecule has 0 bridgehead atoms. The molecule has 112 valence electrons. The van der Waals surface area contributed by atoms with Gasteiger partial charge in [0.05, 0.1) is 12.7 Å². The number of rotatable bonds is 4. The van der Waals surface area contributed by atoms with Crippen molar-refractivity contribution in [3.05, 3.63) is 12.4 Å². The van der Waals surface area contributed by atoms with Gasteiger partial charge >= 0.3 is 0 Å². The molecule has 2 fully saturated rings. The molecule has 1 aromatic rings. The minimum atomic E-state index is 0.269. The van der Waals surface area contributed by atoms with Crippen LogP contribution in [0.15, 0.2) is 12.4 Å². The third-order valence-corrected chi connectivity index (χ3v) is 4.47. The standard InChI is InChI=1S/C15H26N4O/c1-18-9-10-20-14(12-18)11-17-15-16-7-8-19(15)13-5-3-2-4-6-13/h7-8,13-14H,2-6,9-12H2,1H3,(H,16,17). The van der Waals surface area contributed by atoms with Crippen molar-refractivity contribution < 1.29 is 4.74 Å². The summed E-state index contributed by atoms with van der Waals surface area (Å²) in [6.07, 6.45) is 10.9. The van der Waals surface area contributed by atoms with Crippen molar-refractivity contribution in [3.8, 4) is 0 Å². The first-order valence-electron chi connectivity index (χ1n) is 7.90. The van der Waals surface area contributed by atoms with Gasteiger partial charge in [0.25, 0.3) is 0 Å². The molecule has 0 amide bonds. The van der Waals surface area contributed by atoms with Crippen LogP contribution in [0.25, 0.3) is 0 Å². The molecule has 5 heteroatoms. The quantitative estimate of drug-likeness (QED) is 0.916. The predicted molar refractivity (Wildman–Crippen MR) is 80.1 cm³/mol. The molecular formula is C15H26N4O. The zero-order valence-electron chi connectivity index (χ0n) is 12.4. The molecule has 0 spiro atoms. The van der Waals surface area contributed by atoms with E-state index < -0.39 is 0 Å². The first kappa shape index (κ1) is 13.9. The Morgan fingerprint density at radius 3 is 3.00 bits per heavy atom. The molecular weight excluding hydrogens is 252 g/mol. The number of aromatic nitrogens is 2. The normalized spacial score (nSPS) is 25.8. The van der Waals surface area contributed by atoms with Crippen LogP contribution in [0.5, 0.6) is 0 Å². The Bertz CT molecular complexity index is 414. The first-order chi connectivity index (χ1) is 9.83. The Kier molecular flexibility index (Phi) is 4.58. The summed E-state index contributed by atoms with van der Waals surface area (Å²) in [6, 6.07) is 0.628. The number of anilines is 1. The third-order valence-electron chi connectivity index (χ3n) is 4.47. The van der Waals surface area contributed by atoms with E-state index in [1.807, 2.05) is 6.20 Å². The van der Waals surface area contributed by atoms with Crippen LogP contribution in [-0.2, 0) is 4.74 Å². The molecule has 0 radical (unpaired) electrons. The zero-order valence-corrected chi connectivity index (χ0v) is 12.4. The maximum absolute atomic E-state index is 5.79. The molecule has 1 aliphatic heterocycles. The number of imidazole rings is 1. The first-order valence-corrected chi connectivity index (χ1v) is 7.90. The Balaban J connectivity index is 1.56. The van der Waals surface area contributed by atoms with Crippen molar-refractivity contribution in [3.63, 3.8) is 0 Å². The summed E-state index contributed by atoms with van der Waals surface area (Å²) in [5.41, 5.74) is 0. The van der Waals surface area contributed by atoms with Gasteiger partial charge < -0.3 is 19.5 Å². The van der Waals surface area contributed by atoms with Crippen LogP contribution in [0.2, 0.25) is 0 Å². The van der Waals surface area contributed by atoms with Crippen molar-refractivity contribution in [2.24, 2.45) is 0 Å². The topological polar surface area (TPSA) is 42.3 Å². The summed E-state index contributed by atoms with van der Waals surface area (Å²) in [5.74, 6) is 1.01. The number of hydrogen-bond acceptors (Lipinski definition) is 4. The summed E-state index contributed by atoms with van der Waals surface area (Å²) >= 11 is 0. The van der Waals surface area contributed by atoms with E-state index in [0.29, 0.717) is 6.04 Å². The van der Waals surface area contributed by atoms with Crippen LogP contribution in [0, 0.1) is 0 Å². The number of nitrogens with one attached hydrogen (secondary N) is 1. The van der Waals surface area contributed by atoms with Crippen LogP contribution in [0.4, 0.5) is 5.95 Å². The lowest BCUT2D eigenvalue weighted by molar-refractivity contribution is -0.0118. The maximum Gasteiger partial charge on any atom is 0.203 e. The second kappa shape index (κ2) is 6.59. The molecule has 3 rings (SSSR count). The Morgan fingerprint density at radius 2 is 2.20 bits per heavy atom. The van der Waals surface area contributed by atoms with Gasteiger partial charge in [-0.3, -0.25) is 0 Å². The lowest BCUT2D eigenvalue weighted by atomic mass is 9.95. The van der Waals surface area contributed by atoms with Gasteiger partial charge in [-0.15, -0.1) is 0 Å². The van der Waals surface area contributed by atoms with E-state index in [1.165, 1.54) is 32.1 Å². The molecule has 1 aromatic heterocycles. The highest BCUT2D eigenvalue weighted by atomic mass is 16.5. The number of likely N-dealkylation sites (N-methyl/N-ethyl adjacent to an activating group) is 1. The summed E-state index contributed by atoms with van der Waals surface area (Å²) in [4.78, 5) is 6.80. The van der Waals surface area contributed by atoms with Crippen molar-refractivity contribution in [1.29, 1.82) is 0 Å². The fourth-order valence-electron chi connectivity index (χ4n) is 3.30. The van der Waals surface area contributed by atoms with Crippen molar-refractivity contribution >= 4 is 5.95 Å². The lowest BCUT2D eigenvalue weighted by Gasteiger charge is -2.30. The molecule has 20 heavy (non-hydrogen) atoms. The van der Waals surface area contributed by atoms with E-state index in [4.69, 9.17) is 4.74 Å². The van der Waals surface area contributed by atoms with Gasteiger partial charge in [-0.05, 0) is 19.9 Å². The summed E-state index contributed by atoms with van der Waals surface area (Å²) in [7, 11) is 2.15. The van der Waals surface area contributed by atoms with Gasteiger partial charge in [0.2, 0.25) is 5.95 Å². The van der Waals surface area contributed by atoms with Crippen LogP contribution in [-0.4, -0.2) is 53.8 Å². The van der Waals surface area contributed by atoms with Crippen LogP contribution in [0.1, 0.15) is 38.1 Å². The smallest absolute Gasteiger partial charge is 0.203 e. The highest BCUT2D eigenvalue weighted by molar-refractivity contribution is 5.27. The van der Waals surface area contributed by atoms with Gasteiger partial charge in [0.1, 0.15) is 0 Å². The fraction of sp³-hybridized carbons (Fsp3) is 0.800. The summed E-state index contributed by atoms with van der Waals surface area (Å²) in [6.45, 7) is 3.71. The van der Waals surface area contributed by atoms with Crippen molar-refractivity contribution in [2.75, 3.05) is 38.6 Å². The van der Waals surface area contributed by atoms with Gasteiger partial charge in [-0.2, -0.15) is 0 Å². The van der Waals surface area contributed by atoms with E-state index in [-0.39, 0.29) is 6.10 Å². The number of nitrogens with zero attached hydrogens (tertiary/aromatic N) is 3. The Morgan fingerprint density at radius 1 is 1.35 bits per heavy atom. The largest absolute Gasteiger partial charge is 0.374 e. The third kappa shape index (κ3) is 3.33. The highest BCUT2D eigenvalue weighted by Crippen LogP contribution is 2.30. The van der Waals surface area contributed by atoms with E-state index >= 15 is 0 Å². The van der Waals surface area contributed by atoms with Crippen molar-refractivity contribution in [1.82, 2.24) is 14.5 Å². The average Bonchev–Trinajstić information content (AvgIpc) is 2.95. The molecule has 1 unspecified atom stereocenters. The lowest BCUT2D eigenvalue weighted by Crippen LogP contribution is -2.43.